The molecule has 0 bridgehead atoms. The number of rotatable bonds is 5. The molecule has 1 aromatic rings. The fraction of sp³-hybridized carbons (Fsp3) is 0.545. The van der Waals surface area contributed by atoms with Crippen LogP contribution in [0.5, 0.6) is 0 Å². The summed E-state index contributed by atoms with van der Waals surface area (Å²) >= 11 is 5.59. The molecule has 0 aliphatic carbocycles. The van der Waals surface area contributed by atoms with Crippen LogP contribution in [-0.4, -0.2) is 37.0 Å². The fourth-order valence-corrected chi connectivity index (χ4v) is 2.20. The maximum Gasteiger partial charge on any atom is 0.261 e. The molecule has 1 N–H and O–H groups in total. The molecule has 0 aliphatic rings. The first-order valence-corrected chi connectivity index (χ1v) is 6.59. The molecule has 1 rings (SSSR count). The summed E-state index contributed by atoms with van der Waals surface area (Å²) in [5, 5.41) is 4.75. The highest BCUT2D eigenvalue weighted by molar-refractivity contribution is 7.80. The van der Waals surface area contributed by atoms with Crippen molar-refractivity contribution < 1.29 is 4.79 Å². The van der Waals surface area contributed by atoms with Crippen molar-refractivity contribution in [2.45, 2.75) is 24.8 Å². The molecule has 0 saturated carbocycles. The number of thiol groups is 1. The van der Waals surface area contributed by atoms with E-state index in [1.807, 2.05) is 12.4 Å². The minimum Gasteiger partial charge on any atom is -0.350 e. The number of thiophene rings is 1. The summed E-state index contributed by atoms with van der Waals surface area (Å²) in [4.78, 5) is 15.4. The first-order chi connectivity index (χ1) is 7.50. The van der Waals surface area contributed by atoms with E-state index in [0.29, 0.717) is 12.6 Å². The molecular weight excluding hydrogens is 240 g/mol. The summed E-state index contributed by atoms with van der Waals surface area (Å²) in [6.45, 7) is 5.80. The van der Waals surface area contributed by atoms with Gasteiger partial charge >= 0.3 is 0 Å². The second-order valence-electron chi connectivity index (χ2n) is 4.00. The van der Waals surface area contributed by atoms with Crippen LogP contribution in [0.15, 0.2) is 16.3 Å². The number of carbonyl (C=O) groups is 1. The van der Waals surface area contributed by atoms with E-state index in [2.05, 4.69) is 36.7 Å². The van der Waals surface area contributed by atoms with Crippen LogP contribution in [0.1, 0.15) is 23.5 Å². The molecule has 0 fully saturated rings. The van der Waals surface area contributed by atoms with Gasteiger partial charge in [-0.3, -0.25) is 4.79 Å². The Morgan fingerprint density at radius 1 is 1.62 bits per heavy atom. The monoisotopic (exact) mass is 258 g/mol. The molecule has 0 saturated heterocycles. The van der Waals surface area contributed by atoms with Gasteiger partial charge in [-0.15, -0.1) is 24.0 Å². The van der Waals surface area contributed by atoms with Gasteiger partial charge in [0.15, 0.2) is 0 Å². The normalized spacial score (nSPS) is 11.1. The lowest BCUT2D eigenvalue weighted by Crippen LogP contribution is -2.35. The number of nitrogens with one attached hydrogen (secondary N) is 1. The minimum absolute atomic E-state index is 0.0116. The van der Waals surface area contributed by atoms with Gasteiger partial charge < -0.3 is 10.2 Å². The molecule has 16 heavy (non-hydrogen) atoms. The second-order valence-corrected chi connectivity index (χ2v) is 5.43. The van der Waals surface area contributed by atoms with Crippen LogP contribution in [-0.2, 0) is 0 Å². The quantitative estimate of drug-likeness (QED) is 0.793. The molecule has 0 aliphatic heterocycles. The van der Waals surface area contributed by atoms with Gasteiger partial charge in [-0.25, -0.2) is 0 Å². The van der Waals surface area contributed by atoms with Crippen LogP contribution in [0.4, 0.5) is 0 Å². The number of hydrogen-bond acceptors (Lipinski definition) is 4. The Bertz CT molecular complexity index is 350. The molecule has 0 atom stereocenters. The van der Waals surface area contributed by atoms with E-state index in [-0.39, 0.29) is 5.91 Å². The largest absolute Gasteiger partial charge is 0.350 e. The van der Waals surface area contributed by atoms with Crippen molar-refractivity contribution in [1.82, 2.24) is 10.2 Å². The maximum atomic E-state index is 11.7. The maximum absolute atomic E-state index is 11.7. The summed E-state index contributed by atoms with van der Waals surface area (Å²) < 4.78 is 0. The van der Waals surface area contributed by atoms with Crippen molar-refractivity contribution >= 4 is 29.9 Å². The average molecular weight is 258 g/mol. The molecule has 0 aromatic carbocycles. The summed E-state index contributed by atoms with van der Waals surface area (Å²) in [7, 11) is 2.05. The molecule has 0 radical (unpaired) electrons. The van der Waals surface area contributed by atoms with E-state index >= 15 is 0 Å². The van der Waals surface area contributed by atoms with Gasteiger partial charge in [0.1, 0.15) is 0 Å². The highest BCUT2D eigenvalue weighted by Gasteiger charge is 2.08. The lowest BCUT2D eigenvalue weighted by molar-refractivity contribution is 0.0952. The Morgan fingerprint density at radius 3 is 2.81 bits per heavy atom. The Labute approximate surface area is 106 Å². The van der Waals surface area contributed by atoms with Gasteiger partial charge in [0, 0.05) is 29.4 Å². The zero-order chi connectivity index (χ0) is 12.1. The van der Waals surface area contributed by atoms with Gasteiger partial charge in [0.05, 0.1) is 4.88 Å². The highest BCUT2D eigenvalue weighted by Crippen LogP contribution is 2.17. The highest BCUT2D eigenvalue weighted by atomic mass is 32.1. The summed E-state index contributed by atoms with van der Waals surface area (Å²) in [6, 6.07) is 2.29. The van der Waals surface area contributed by atoms with Gasteiger partial charge in [-0.1, -0.05) is 0 Å². The van der Waals surface area contributed by atoms with Gasteiger partial charge in [0.2, 0.25) is 0 Å². The van der Waals surface area contributed by atoms with Crippen LogP contribution >= 0.6 is 24.0 Å². The molecule has 1 aromatic heterocycles. The van der Waals surface area contributed by atoms with Crippen molar-refractivity contribution in [1.29, 1.82) is 0 Å². The fourth-order valence-electron chi connectivity index (χ4n) is 1.14. The van der Waals surface area contributed by atoms with Crippen LogP contribution in [0.25, 0.3) is 0 Å². The van der Waals surface area contributed by atoms with Crippen molar-refractivity contribution in [3.8, 4) is 0 Å². The van der Waals surface area contributed by atoms with Crippen LogP contribution in [0.2, 0.25) is 0 Å². The molecule has 90 valence electrons. The predicted octanol–water partition coefficient (Wildman–Crippen LogP) is 2.11. The summed E-state index contributed by atoms with van der Waals surface area (Å²) in [5.41, 5.74) is 0. The third kappa shape index (κ3) is 4.15. The number of hydrogen-bond donors (Lipinski definition) is 2. The lowest BCUT2D eigenvalue weighted by Gasteiger charge is -2.20. The van der Waals surface area contributed by atoms with Crippen LogP contribution in [0, 0.1) is 0 Å². The molecule has 1 heterocycles. The molecule has 0 spiro atoms. The van der Waals surface area contributed by atoms with E-state index in [0.717, 1.165) is 16.3 Å². The van der Waals surface area contributed by atoms with Gasteiger partial charge in [-0.05, 0) is 27.0 Å². The number of amides is 1. The molecule has 3 nitrogen and oxygen atoms in total. The van der Waals surface area contributed by atoms with Crippen molar-refractivity contribution in [2.75, 3.05) is 20.1 Å². The zero-order valence-corrected chi connectivity index (χ0v) is 11.6. The summed E-state index contributed by atoms with van der Waals surface area (Å²) in [5.74, 6) is -0.0116. The minimum atomic E-state index is -0.0116. The molecular formula is C11H18N2OS2. The average Bonchev–Trinajstić information content (AvgIpc) is 2.64. The SMILES string of the molecule is CC(C)N(C)CCNC(=O)c1cc(S)cs1. The van der Waals surface area contributed by atoms with Crippen molar-refractivity contribution in [3.63, 3.8) is 0 Å². The van der Waals surface area contributed by atoms with Crippen molar-refractivity contribution in [3.05, 3.63) is 16.3 Å². The second kappa shape index (κ2) is 6.27. The predicted molar refractivity (Wildman–Crippen MR) is 71.7 cm³/mol. The van der Waals surface area contributed by atoms with Gasteiger partial charge in [0.25, 0.3) is 5.91 Å². The number of carbonyl (C=O) groups excluding carboxylic acids is 1. The number of likely N-dealkylation sites (N-methyl/N-ethyl adjacent to an activating group) is 1. The Hall–Kier alpha value is -0.520. The van der Waals surface area contributed by atoms with Crippen LogP contribution in [0.3, 0.4) is 0 Å². The zero-order valence-electron chi connectivity index (χ0n) is 9.86. The van der Waals surface area contributed by atoms with Gasteiger partial charge in [-0.2, -0.15) is 0 Å². The molecule has 0 unspecified atom stereocenters. The van der Waals surface area contributed by atoms with Crippen LogP contribution < -0.4 is 5.32 Å². The standard InChI is InChI=1S/C11H18N2OS2/c1-8(2)13(3)5-4-12-11(14)10-6-9(15)7-16-10/h6-8,15H,4-5H2,1-3H3,(H,12,14). The third-order valence-corrected chi connectivity index (χ3v) is 3.80. The van der Waals surface area contributed by atoms with E-state index in [9.17, 15) is 4.79 Å². The Morgan fingerprint density at radius 2 is 2.31 bits per heavy atom. The first kappa shape index (κ1) is 13.5. The van der Waals surface area contributed by atoms with E-state index < -0.39 is 0 Å². The summed E-state index contributed by atoms with van der Waals surface area (Å²) in [6.07, 6.45) is 0. The molecule has 5 heteroatoms. The topological polar surface area (TPSA) is 32.3 Å². The number of nitrogens with zero attached hydrogens (tertiary/aromatic N) is 1. The Balaban J connectivity index is 2.31. The smallest absolute Gasteiger partial charge is 0.261 e. The molecule has 1 amide bonds. The lowest BCUT2D eigenvalue weighted by atomic mass is 10.3. The van der Waals surface area contributed by atoms with E-state index in [4.69, 9.17) is 0 Å². The van der Waals surface area contributed by atoms with Crippen molar-refractivity contribution in [2.24, 2.45) is 0 Å². The third-order valence-electron chi connectivity index (χ3n) is 2.44. The first-order valence-electron chi connectivity index (χ1n) is 5.26. The van der Waals surface area contributed by atoms with E-state index in [1.54, 1.807) is 6.07 Å². The van der Waals surface area contributed by atoms with E-state index in [1.165, 1.54) is 11.3 Å². The Kier molecular flexibility index (Phi) is 5.31.